The van der Waals surface area contributed by atoms with E-state index in [-0.39, 0.29) is 6.10 Å². The number of amides is 1. The van der Waals surface area contributed by atoms with Crippen molar-refractivity contribution in [3.63, 3.8) is 0 Å². The third kappa shape index (κ3) is 6.63. The van der Waals surface area contributed by atoms with Crippen molar-refractivity contribution in [2.45, 2.75) is 26.9 Å². The van der Waals surface area contributed by atoms with Crippen LogP contribution in [0.1, 0.15) is 20.8 Å². The number of ether oxygens (including phenoxy) is 1. The number of nitrogens with one attached hydrogen (secondary N) is 1. The Hall–Kier alpha value is -1.26. The first-order chi connectivity index (χ1) is 5.02. The summed E-state index contributed by atoms with van der Waals surface area (Å²) < 4.78 is 4.57. The van der Waals surface area contributed by atoms with E-state index in [0.29, 0.717) is 0 Å². The Morgan fingerprint density at radius 3 is 2.27 bits per heavy atom. The summed E-state index contributed by atoms with van der Waals surface area (Å²) in [4.78, 5) is 24.8. The first kappa shape index (κ1) is 9.74. The molecule has 0 aliphatic heterocycles. The molecule has 0 aromatic carbocycles. The molecule has 64 valence electrons. The molecule has 0 atom stereocenters. The van der Waals surface area contributed by atoms with Crippen molar-refractivity contribution in [2.24, 2.45) is 0 Å². The lowest BCUT2D eigenvalue weighted by Gasteiger charge is -2.07. The Bertz CT molecular complexity index is 155. The number of carbonyl (C=O) groups is 2. The fourth-order valence-corrected chi connectivity index (χ4v) is 0.352. The minimum atomic E-state index is -0.768. The molecular weight excluding hydrogens is 150 g/mol. The number of hydrogen-bond acceptors (Lipinski definition) is 4. The summed E-state index contributed by atoms with van der Waals surface area (Å²) in [5.74, 6) is -0.592. The third-order valence-electron chi connectivity index (χ3n) is 0.621. The van der Waals surface area contributed by atoms with Crippen molar-refractivity contribution in [3.05, 3.63) is 0 Å². The van der Waals surface area contributed by atoms with Gasteiger partial charge in [0.2, 0.25) is 0 Å². The van der Waals surface area contributed by atoms with Crippen LogP contribution in [-0.2, 0) is 14.4 Å². The molecule has 0 fully saturated rings. The summed E-state index contributed by atoms with van der Waals surface area (Å²) in [5, 5.41) is 0. The Balaban J connectivity index is 3.45. The van der Waals surface area contributed by atoms with Gasteiger partial charge >= 0.3 is 12.1 Å². The highest BCUT2D eigenvalue weighted by Gasteiger charge is 2.04. The molecule has 0 bridgehead atoms. The predicted molar refractivity (Wildman–Crippen MR) is 36.5 cm³/mol. The Morgan fingerprint density at radius 2 is 1.91 bits per heavy atom. The second kappa shape index (κ2) is 4.54. The van der Waals surface area contributed by atoms with Crippen LogP contribution in [0.5, 0.6) is 0 Å². The highest BCUT2D eigenvalue weighted by molar-refractivity contribution is 5.71. The van der Waals surface area contributed by atoms with Crippen molar-refractivity contribution >= 4 is 12.1 Å². The molecule has 0 aliphatic rings. The molecule has 0 aromatic rings. The summed E-state index contributed by atoms with van der Waals surface area (Å²) in [6.45, 7) is 4.55. The van der Waals surface area contributed by atoms with E-state index in [4.69, 9.17) is 0 Å². The summed E-state index contributed by atoms with van der Waals surface area (Å²) >= 11 is 0. The lowest BCUT2D eigenvalue weighted by molar-refractivity contribution is -0.147. The van der Waals surface area contributed by atoms with E-state index in [9.17, 15) is 9.59 Å². The van der Waals surface area contributed by atoms with Crippen LogP contribution in [0.15, 0.2) is 0 Å². The van der Waals surface area contributed by atoms with Crippen LogP contribution >= 0.6 is 0 Å². The maximum Gasteiger partial charge on any atom is 0.440 e. The standard InChI is InChI=1S/C6H11NO4/c1-4(2)10-6(9)7-11-5(3)8/h4H,1-3H3,(H,7,9). The fourth-order valence-electron chi connectivity index (χ4n) is 0.352. The topological polar surface area (TPSA) is 64.6 Å². The number of hydrogen-bond donors (Lipinski definition) is 1. The highest BCUT2D eigenvalue weighted by atomic mass is 16.7. The monoisotopic (exact) mass is 161 g/mol. The first-order valence-corrected chi connectivity index (χ1v) is 3.16. The summed E-state index contributed by atoms with van der Waals surface area (Å²) in [6.07, 6.45) is -0.999. The molecule has 0 spiro atoms. The van der Waals surface area contributed by atoms with Crippen LogP contribution in [0.3, 0.4) is 0 Å². The van der Waals surface area contributed by atoms with Crippen LogP contribution in [0.4, 0.5) is 4.79 Å². The molecule has 0 aliphatic carbocycles. The van der Waals surface area contributed by atoms with Crippen LogP contribution < -0.4 is 5.48 Å². The quantitative estimate of drug-likeness (QED) is 0.572. The zero-order chi connectivity index (χ0) is 8.85. The number of hydroxylamine groups is 1. The Morgan fingerprint density at radius 1 is 1.36 bits per heavy atom. The maximum atomic E-state index is 10.5. The number of rotatable bonds is 1. The Labute approximate surface area is 64.6 Å². The largest absolute Gasteiger partial charge is 0.445 e. The molecule has 1 amide bonds. The van der Waals surface area contributed by atoms with Crippen LogP contribution in [0.2, 0.25) is 0 Å². The van der Waals surface area contributed by atoms with Gasteiger partial charge in [-0.3, -0.25) is 4.79 Å². The highest BCUT2D eigenvalue weighted by Crippen LogP contribution is 1.87. The SMILES string of the molecule is CC(=O)ONC(=O)OC(C)C. The first-order valence-electron chi connectivity index (χ1n) is 3.16. The summed E-state index contributed by atoms with van der Waals surface area (Å²) in [6, 6.07) is 0. The average Bonchev–Trinajstić information content (AvgIpc) is 1.82. The lowest BCUT2D eigenvalue weighted by atomic mass is 10.5. The van der Waals surface area contributed by atoms with Crippen molar-refractivity contribution < 1.29 is 19.2 Å². The minimum Gasteiger partial charge on any atom is -0.445 e. The zero-order valence-corrected chi connectivity index (χ0v) is 6.71. The van der Waals surface area contributed by atoms with Gasteiger partial charge in [-0.25, -0.2) is 4.79 Å². The molecule has 0 saturated carbocycles. The average molecular weight is 161 g/mol. The molecule has 0 aromatic heterocycles. The predicted octanol–water partition coefficient (Wildman–Crippen LogP) is 0.599. The summed E-state index contributed by atoms with van der Waals surface area (Å²) in [5.41, 5.74) is 1.80. The van der Waals surface area contributed by atoms with E-state index >= 15 is 0 Å². The molecule has 0 radical (unpaired) electrons. The molecule has 5 nitrogen and oxygen atoms in total. The van der Waals surface area contributed by atoms with Crippen molar-refractivity contribution in [1.82, 2.24) is 5.48 Å². The van der Waals surface area contributed by atoms with E-state index in [1.165, 1.54) is 6.92 Å². The second-order valence-electron chi connectivity index (χ2n) is 2.15. The van der Waals surface area contributed by atoms with Gasteiger partial charge in [0.05, 0.1) is 6.10 Å². The van der Waals surface area contributed by atoms with Crippen LogP contribution in [0, 0.1) is 0 Å². The fraction of sp³-hybridized carbons (Fsp3) is 0.667. The van der Waals surface area contributed by atoms with Gasteiger partial charge in [-0.2, -0.15) is 0 Å². The van der Waals surface area contributed by atoms with Gasteiger partial charge in [-0.1, -0.05) is 0 Å². The van der Waals surface area contributed by atoms with Gasteiger partial charge in [-0.05, 0) is 13.8 Å². The van der Waals surface area contributed by atoms with Gasteiger partial charge in [0.25, 0.3) is 0 Å². The van der Waals surface area contributed by atoms with Crippen molar-refractivity contribution in [1.29, 1.82) is 0 Å². The zero-order valence-electron chi connectivity index (χ0n) is 6.71. The second-order valence-corrected chi connectivity index (χ2v) is 2.15. The molecule has 5 heteroatoms. The molecule has 0 heterocycles. The normalized spacial score (nSPS) is 9.09. The van der Waals surface area contributed by atoms with E-state index in [2.05, 4.69) is 9.57 Å². The van der Waals surface area contributed by atoms with Crippen molar-refractivity contribution in [2.75, 3.05) is 0 Å². The summed E-state index contributed by atoms with van der Waals surface area (Å²) in [7, 11) is 0. The van der Waals surface area contributed by atoms with Crippen LogP contribution in [0.25, 0.3) is 0 Å². The van der Waals surface area contributed by atoms with E-state index in [1.54, 1.807) is 19.3 Å². The molecule has 11 heavy (non-hydrogen) atoms. The molecule has 0 unspecified atom stereocenters. The van der Waals surface area contributed by atoms with Gasteiger partial charge in [0, 0.05) is 6.92 Å². The Kier molecular flexibility index (Phi) is 4.02. The van der Waals surface area contributed by atoms with E-state index in [1.807, 2.05) is 0 Å². The molecule has 1 N–H and O–H groups in total. The van der Waals surface area contributed by atoms with Gasteiger partial charge < -0.3 is 9.57 Å². The van der Waals surface area contributed by atoms with E-state index < -0.39 is 12.1 Å². The van der Waals surface area contributed by atoms with Gasteiger partial charge in [0.15, 0.2) is 0 Å². The van der Waals surface area contributed by atoms with Gasteiger partial charge in [-0.15, -0.1) is 5.48 Å². The lowest BCUT2D eigenvalue weighted by Crippen LogP contribution is -2.28. The smallest absolute Gasteiger partial charge is 0.440 e. The molecular formula is C6H11NO4. The minimum absolute atomic E-state index is 0.231. The maximum absolute atomic E-state index is 10.5. The number of carbonyl (C=O) groups excluding carboxylic acids is 2. The molecule has 0 saturated heterocycles. The van der Waals surface area contributed by atoms with Crippen molar-refractivity contribution in [3.8, 4) is 0 Å². The van der Waals surface area contributed by atoms with Crippen LogP contribution in [-0.4, -0.2) is 18.2 Å². The third-order valence-corrected chi connectivity index (χ3v) is 0.621. The molecule has 0 rings (SSSR count). The van der Waals surface area contributed by atoms with Gasteiger partial charge in [0.1, 0.15) is 0 Å². The van der Waals surface area contributed by atoms with E-state index in [0.717, 1.165) is 0 Å².